The quantitative estimate of drug-likeness (QED) is 0.616. The highest BCUT2D eigenvalue weighted by molar-refractivity contribution is 5.77. The standard InChI is InChI=1S/C6H9N3O/c1-2-6(10)9-4-3-5(7)8-9/h3-4H,2H2,1H3,(H2,7,8). The van der Waals surface area contributed by atoms with E-state index in [-0.39, 0.29) is 5.91 Å². The highest BCUT2D eigenvalue weighted by Crippen LogP contribution is 1.96. The molecule has 0 aliphatic carbocycles. The molecule has 0 fully saturated rings. The van der Waals surface area contributed by atoms with Crippen molar-refractivity contribution in [1.29, 1.82) is 0 Å². The molecule has 0 aliphatic rings. The Balaban J connectivity index is 2.85. The summed E-state index contributed by atoms with van der Waals surface area (Å²) in [7, 11) is 0. The Morgan fingerprint density at radius 3 is 3.00 bits per heavy atom. The number of carbonyl (C=O) groups excluding carboxylic acids is 1. The molecular formula is C6H9N3O. The topological polar surface area (TPSA) is 60.9 Å². The second-order valence-corrected chi connectivity index (χ2v) is 1.93. The summed E-state index contributed by atoms with van der Waals surface area (Å²) in [6.45, 7) is 1.78. The molecule has 54 valence electrons. The van der Waals surface area contributed by atoms with E-state index in [1.54, 1.807) is 19.2 Å². The summed E-state index contributed by atoms with van der Waals surface area (Å²) in [5.74, 6) is 0.332. The molecule has 1 aromatic heterocycles. The number of anilines is 1. The predicted octanol–water partition coefficient (Wildman–Crippen LogP) is 0.515. The Kier molecular flexibility index (Phi) is 1.71. The van der Waals surface area contributed by atoms with E-state index in [4.69, 9.17) is 5.73 Å². The second-order valence-electron chi connectivity index (χ2n) is 1.93. The van der Waals surface area contributed by atoms with Gasteiger partial charge in [0.15, 0.2) is 0 Å². The molecule has 0 saturated heterocycles. The fourth-order valence-corrected chi connectivity index (χ4v) is 0.639. The molecule has 2 N–H and O–H groups in total. The van der Waals surface area contributed by atoms with E-state index in [1.807, 2.05) is 0 Å². The molecule has 0 spiro atoms. The molecule has 1 rings (SSSR count). The first-order valence-corrected chi connectivity index (χ1v) is 3.08. The third-order valence-electron chi connectivity index (χ3n) is 1.17. The molecule has 10 heavy (non-hydrogen) atoms. The minimum atomic E-state index is -0.0447. The number of hydrogen-bond acceptors (Lipinski definition) is 3. The summed E-state index contributed by atoms with van der Waals surface area (Å²) in [4.78, 5) is 10.9. The fraction of sp³-hybridized carbons (Fsp3) is 0.333. The number of nitrogen functional groups attached to an aromatic ring is 1. The van der Waals surface area contributed by atoms with Crippen LogP contribution < -0.4 is 5.73 Å². The van der Waals surface area contributed by atoms with Crippen molar-refractivity contribution in [1.82, 2.24) is 9.78 Å². The third kappa shape index (κ3) is 1.15. The first kappa shape index (κ1) is 6.80. The minimum absolute atomic E-state index is 0.0447. The largest absolute Gasteiger partial charge is 0.382 e. The SMILES string of the molecule is CCC(=O)n1ccc(N)n1. The molecule has 1 aromatic rings. The lowest BCUT2D eigenvalue weighted by molar-refractivity contribution is 0.0893. The van der Waals surface area contributed by atoms with Crippen molar-refractivity contribution in [2.45, 2.75) is 13.3 Å². The normalized spacial score (nSPS) is 9.70. The smallest absolute Gasteiger partial charge is 0.246 e. The summed E-state index contributed by atoms with van der Waals surface area (Å²) in [6.07, 6.45) is 2.00. The molecule has 0 atom stereocenters. The molecule has 0 bridgehead atoms. The summed E-state index contributed by atoms with van der Waals surface area (Å²) in [5.41, 5.74) is 5.29. The molecule has 0 unspecified atom stereocenters. The first-order chi connectivity index (χ1) is 4.74. The maximum absolute atomic E-state index is 10.9. The maximum Gasteiger partial charge on any atom is 0.246 e. The number of nitrogens with two attached hydrogens (primary N) is 1. The van der Waals surface area contributed by atoms with Crippen LogP contribution in [0.2, 0.25) is 0 Å². The van der Waals surface area contributed by atoms with Gasteiger partial charge in [0.1, 0.15) is 5.82 Å². The van der Waals surface area contributed by atoms with Gasteiger partial charge in [-0.25, -0.2) is 4.68 Å². The number of nitrogens with zero attached hydrogens (tertiary/aromatic N) is 2. The van der Waals surface area contributed by atoms with Crippen LogP contribution in [0.1, 0.15) is 18.1 Å². The second kappa shape index (κ2) is 2.51. The van der Waals surface area contributed by atoms with Gasteiger partial charge in [-0.1, -0.05) is 6.92 Å². The summed E-state index contributed by atoms with van der Waals surface area (Å²) in [5, 5.41) is 3.73. The molecule has 1 heterocycles. The van der Waals surface area contributed by atoms with Crippen LogP contribution in [0.4, 0.5) is 5.82 Å². The van der Waals surface area contributed by atoms with Gasteiger partial charge in [0.2, 0.25) is 5.91 Å². The van der Waals surface area contributed by atoms with Gasteiger partial charge in [-0.15, -0.1) is 5.10 Å². The van der Waals surface area contributed by atoms with Crippen LogP contribution in [-0.2, 0) is 0 Å². The Labute approximate surface area is 58.6 Å². The number of rotatable bonds is 1. The summed E-state index contributed by atoms with van der Waals surface area (Å²) < 4.78 is 1.25. The van der Waals surface area contributed by atoms with E-state index in [0.717, 1.165) is 0 Å². The maximum atomic E-state index is 10.9. The Bertz CT molecular complexity index is 241. The van der Waals surface area contributed by atoms with E-state index in [2.05, 4.69) is 5.10 Å². The van der Waals surface area contributed by atoms with Gasteiger partial charge in [-0.2, -0.15) is 0 Å². The van der Waals surface area contributed by atoms with Crippen LogP contribution in [0.15, 0.2) is 12.3 Å². The van der Waals surface area contributed by atoms with Crippen LogP contribution in [0.3, 0.4) is 0 Å². The Morgan fingerprint density at radius 1 is 1.90 bits per heavy atom. The summed E-state index contributed by atoms with van der Waals surface area (Å²) in [6, 6.07) is 1.59. The van der Waals surface area contributed by atoms with Crippen molar-refractivity contribution < 1.29 is 4.79 Å². The van der Waals surface area contributed by atoms with Gasteiger partial charge in [-0.05, 0) is 0 Å². The molecule has 0 radical (unpaired) electrons. The van der Waals surface area contributed by atoms with Gasteiger partial charge in [0, 0.05) is 18.7 Å². The van der Waals surface area contributed by atoms with Crippen molar-refractivity contribution in [3.05, 3.63) is 12.3 Å². The molecule has 0 amide bonds. The highest BCUT2D eigenvalue weighted by atomic mass is 16.2. The molecule has 0 aromatic carbocycles. The van der Waals surface area contributed by atoms with Crippen molar-refractivity contribution in [3.63, 3.8) is 0 Å². The van der Waals surface area contributed by atoms with Crippen LogP contribution in [0.25, 0.3) is 0 Å². The van der Waals surface area contributed by atoms with Crippen molar-refractivity contribution in [2.75, 3.05) is 5.73 Å². The monoisotopic (exact) mass is 139 g/mol. The van der Waals surface area contributed by atoms with Crippen LogP contribution in [0, 0.1) is 0 Å². The number of aromatic nitrogens is 2. The highest BCUT2D eigenvalue weighted by Gasteiger charge is 2.00. The zero-order chi connectivity index (χ0) is 7.56. The van der Waals surface area contributed by atoms with Crippen LogP contribution in [0.5, 0.6) is 0 Å². The fourth-order valence-electron chi connectivity index (χ4n) is 0.639. The third-order valence-corrected chi connectivity index (χ3v) is 1.17. The predicted molar refractivity (Wildman–Crippen MR) is 37.6 cm³/mol. The lowest BCUT2D eigenvalue weighted by atomic mass is 10.5. The lowest BCUT2D eigenvalue weighted by Crippen LogP contribution is -2.09. The van der Waals surface area contributed by atoms with Crippen molar-refractivity contribution in [2.24, 2.45) is 0 Å². The van der Waals surface area contributed by atoms with E-state index in [1.165, 1.54) is 4.68 Å². The molecular weight excluding hydrogens is 130 g/mol. The minimum Gasteiger partial charge on any atom is -0.382 e. The van der Waals surface area contributed by atoms with Gasteiger partial charge >= 0.3 is 0 Å². The van der Waals surface area contributed by atoms with Crippen molar-refractivity contribution in [3.8, 4) is 0 Å². The van der Waals surface area contributed by atoms with E-state index >= 15 is 0 Å². The Morgan fingerprint density at radius 2 is 2.60 bits per heavy atom. The van der Waals surface area contributed by atoms with E-state index < -0.39 is 0 Å². The zero-order valence-electron chi connectivity index (χ0n) is 5.74. The molecule has 4 heteroatoms. The molecule has 0 saturated carbocycles. The van der Waals surface area contributed by atoms with Crippen LogP contribution >= 0.6 is 0 Å². The molecule has 0 aliphatic heterocycles. The Hall–Kier alpha value is -1.32. The van der Waals surface area contributed by atoms with Gasteiger partial charge in [-0.3, -0.25) is 4.79 Å². The van der Waals surface area contributed by atoms with E-state index in [9.17, 15) is 4.79 Å². The van der Waals surface area contributed by atoms with Gasteiger partial charge < -0.3 is 5.73 Å². The van der Waals surface area contributed by atoms with Crippen molar-refractivity contribution >= 4 is 11.7 Å². The van der Waals surface area contributed by atoms with Gasteiger partial charge in [0.25, 0.3) is 0 Å². The average molecular weight is 139 g/mol. The lowest BCUT2D eigenvalue weighted by Gasteiger charge is -1.92. The van der Waals surface area contributed by atoms with Gasteiger partial charge in [0.05, 0.1) is 0 Å². The molecule has 4 nitrogen and oxygen atoms in total. The number of hydrogen-bond donors (Lipinski definition) is 1. The average Bonchev–Trinajstić information content (AvgIpc) is 2.34. The first-order valence-electron chi connectivity index (χ1n) is 3.08. The zero-order valence-corrected chi connectivity index (χ0v) is 5.74. The van der Waals surface area contributed by atoms with E-state index in [0.29, 0.717) is 12.2 Å². The number of carbonyl (C=O) groups is 1. The summed E-state index contributed by atoms with van der Waals surface area (Å²) >= 11 is 0. The van der Waals surface area contributed by atoms with Crippen LogP contribution in [-0.4, -0.2) is 15.7 Å².